The first-order valence-electron chi connectivity index (χ1n) is 6.34. The third kappa shape index (κ3) is 2.18. The summed E-state index contributed by atoms with van der Waals surface area (Å²) in [6, 6.07) is 0. The van der Waals surface area contributed by atoms with Crippen molar-refractivity contribution < 1.29 is 0 Å². The highest BCUT2D eigenvalue weighted by Crippen LogP contribution is 2.19. The SMILES string of the molecule is CCC(C)c1nc2c(c(=O)[nH]1)CCCCC2. The van der Waals surface area contributed by atoms with Crippen molar-refractivity contribution in [2.45, 2.75) is 58.3 Å². The number of aromatic nitrogens is 2. The van der Waals surface area contributed by atoms with E-state index in [9.17, 15) is 4.79 Å². The molecule has 88 valence electrons. The van der Waals surface area contributed by atoms with Gasteiger partial charge >= 0.3 is 0 Å². The number of aryl methyl sites for hydroxylation is 1. The van der Waals surface area contributed by atoms with E-state index in [0.717, 1.165) is 42.8 Å². The first kappa shape index (κ1) is 11.4. The van der Waals surface area contributed by atoms with Gasteiger partial charge in [0.15, 0.2) is 0 Å². The Morgan fingerprint density at radius 2 is 2.06 bits per heavy atom. The number of aromatic amines is 1. The zero-order chi connectivity index (χ0) is 11.5. The highest BCUT2D eigenvalue weighted by Gasteiger charge is 2.16. The van der Waals surface area contributed by atoms with E-state index in [1.54, 1.807) is 0 Å². The average Bonchev–Trinajstić information content (AvgIpc) is 2.53. The number of nitrogens with zero attached hydrogens (tertiary/aromatic N) is 1. The van der Waals surface area contributed by atoms with Gasteiger partial charge in [-0.15, -0.1) is 0 Å². The molecule has 0 amide bonds. The van der Waals surface area contributed by atoms with Crippen LogP contribution < -0.4 is 5.56 Å². The van der Waals surface area contributed by atoms with Crippen LogP contribution in [0.1, 0.15) is 62.5 Å². The van der Waals surface area contributed by atoms with Crippen LogP contribution in [-0.2, 0) is 12.8 Å². The second-order valence-corrected chi connectivity index (χ2v) is 4.75. The molecule has 1 aliphatic carbocycles. The van der Waals surface area contributed by atoms with E-state index in [1.165, 1.54) is 12.8 Å². The topological polar surface area (TPSA) is 45.8 Å². The molecule has 0 saturated heterocycles. The monoisotopic (exact) mass is 220 g/mol. The summed E-state index contributed by atoms with van der Waals surface area (Å²) in [6.45, 7) is 4.23. The molecule has 1 aliphatic rings. The molecule has 0 spiro atoms. The van der Waals surface area contributed by atoms with Crippen LogP contribution >= 0.6 is 0 Å². The van der Waals surface area contributed by atoms with Crippen LogP contribution in [0.4, 0.5) is 0 Å². The van der Waals surface area contributed by atoms with E-state index in [0.29, 0.717) is 5.92 Å². The van der Waals surface area contributed by atoms with E-state index in [-0.39, 0.29) is 5.56 Å². The van der Waals surface area contributed by atoms with E-state index in [4.69, 9.17) is 0 Å². The van der Waals surface area contributed by atoms with Crippen LogP contribution in [0.3, 0.4) is 0 Å². The molecule has 1 N–H and O–H groups in total. The van der Waals surface area contributed by atoms with Gasteiger partial charge in [-0.1, -0.05) is 20.3 Å². The second-order valence-electron chi connectivity index (χ2n) is 4.75. The molecule has 1 aromatic heterocycles. The molecule has 0 bridgehead atoms. The molecule has 0 aromatic carbocycles. The Bertz CT molecular complexity index is 422. The second kappa shape index (κ2) is 4.81. The van der Waals surface area contributed by atoms with Gasteiger partial charge in [0.25, 0.3) is 5.56 Å². The molecule has 0 saturated carbocycles. The molecule has 1 heterocycles. The fourth-order valence-corrected chi connectivity index (χ4v) is 2.23. The van der Waals surface area contributed by atoms with Crippen LogP contribution in [-0.4, -0.2) is 9.97 Å². The minimum atomic E-state index is 0.0993. The lowest BCUT2D eigenvalue weighted by atomic mass is 10.1. The molecule has 1 unspecified atom stereocenters. The summed E-state index contributed by atoms with van der Waals surface area (Å²) in [5.74, 6) is 1.22. The Morgan fingerprint density at radius 3 is 2.81 bits per heavy atom. The van der Waals surface area contributed by atoms with Crippen molar-refractivity contribution in [1.29, 1.82) is 0 Å². The van der Waals surface area contributed by atoms with Gasteiger partial charge in [-0.05, 0) is 32.1 Å². The van der Waals surface area contributed by atoms with E-state index >= 15 is 0 Å². The van der Waals surface area contributed by atoms with Crippen molar-refractivity contribution in [2.75, 3.05) is 0 Å². The zero-order valence-corrected chi connectivity index (χ0v) is 10.2. The number of rotatable bonds is 2. The molecule has 16 heavy (non-hydrogen) atoms. The van der Waals surface area contributed by atoms with Crippen LogP contribution in [0.5, 0.6) is 0 Å². The fraction of sp³-hybridized carbons (Fsp3) is 0.692. The Morgan fingerprint density at radius 1 is 1.31 bits per heavy atom. The van der Waals surface area contributed by atoms with Crippen LogP contribution in [0.2, 0.25) is 0 Å². The van der Waals surface area contributed by atoms with Crippen molar-refractivity contribution in [3.05, 3.63) is 27.4 Å². The van der Waals surface area contributed by atoms with Crippen LogP contribution in [0.25, 0.3) is 0 Å². The first-order chi connectivity index (χ1) is 7.72. The van der Waals surface area contributed by atoms with E-state index in [1.807, 2.05) is 0 Å². The largest absolute Gasteiger partial charge is 0.310 e. The average molecular weight is 220 g/mol. The summed E-state index contributed by atoms with van der Waals surface area (Å²) in [4.78, 5) is 19.6. The van der Waals surface area contributed by atoms with Gasteiger partial charge in [-0.3, -0.25) is 4.79 Å². The molecule has 3 nitrogen and oxygen atoms in total. The first-order valence-corrected chi connectivity index (χ1v) is 6.34. The standard InChI is InChI=1S/C13H20N2O/c1-3-9(2)12-14-11-8-6-4-5-7-10(11)13(16)15-12/h9H,3-8H2,1-2H3,(H,14,15,16). The fourth-order valence-electron chi connectivity index (χ4n) is 2.23. The van der Waals surface area contributed by atoms with Gasteiger partial charge in [0.2, 0.25) is 0 Å². The smallest absolute Gasteiger partial charge is 0.254 e. The van der Waals surface area contributed by atoms with Gasteiger partial charge in [-0.25, -0.2) is 4.98 Å². The number of hydrogen-bond acceptors (Lipinski definition) is 2. The molecule has 0 fully saturated rings. The Kier molecular flexibility index (Phi) is 3.42. The number of fused-ring (bicyclic) bond motifs is 1. The molecule has 0 radical (unpaired) electrons. The summed E-state index contributed by atoms with van der Waals surface area (Å²) in [6.07, 6.45) is 6.40. The maximum absolute atomic E-state index is 12.0. The number of nitrogens with one attached hydrogen (secondary N) is 1. The molecular weight excluding hydrogens is 200 g/mol. The third-order valence-electron chi connectivity index (χ3n) is 3.54. The predicted octanol–water partition coefficient (Wildman–Crippen LogP) is 2.55. The maximum atomic E-state index is 12.0. The zero-order valence-electron chi connectivity index (χ0n) is 10.2. The quantitative estimate of drug-likeness (QED) is 0.778. The predicted molar refractivity (Wildman–Crippen MR) is 64.8 cm³/mol. The van der Waals surface area contributed by atoms with Crippen molar-refractivity contribution >= 4 is 0 Å². The summed E-state index contributed by atoms with van der Waals surface area (Å²) in [5, 5.41) is 0. The molecule has 0 aliphatic heterocycles. The number of H-pyrrole nitrogens is 1. The highest BCUT2D eigenvalue weighted by atomic mass is 16.1. The molecule has 2 rings (SSSR count). The van der Waals surface area contributed by atoms with Crippen LogP contribution in [0.15, 0.2) is 4.79 Å². The van der Waals surface area contributed by atoms with Crippen molar-refractivity contribution in [2.24, 2.45) is 0 Å². The minimum absolute atomic E-state index is 0.0993. The summed E-state index contributed by atoms with van der Waals surface area (Å²) >= 11 is 0. The van der Waals surface area contributed by atoms with Gasteiger partial charge in [0, 0.05) is 11.5 Å². The summed E-state index contributed by atoms with van der Waals surface area (Å²) < 4.78 is 0. The van der Waals surface area contributed by atoms with E-state index in [2.05, 4.69) is 23.8 Å². The van der Waals surface area contributed by atoms with Gasteiger partial charge in [0.1, 0.15) is 5.82 Å². The van der Waals surface area contributed by atoms with Crippen LogP contribution in [0, 0.1) is 0 Å². The third-order valence-corrected chi connectivity index (χ3v) is 3.54. The van der Waals surface area contributed by atoms with Gasteiger partial charge in [-0.2, -0.15) is 0 Å². The van der Waals surface area contributed by atoms with Crippen molar-refractivity contribution in [1.82, 2.24) is 9.97 Å². The van der Waals surface area contributed by atoms with Gasteiger partial charge in [0.05, 0.1) is 5.69 Å². The molecular formula is C13H20N2O. The highest BCUT2D eigenvalue weighted by molar-refractivity contribution is 5.20. The normalized spacial score (nSPS) is 17.6. The molecule has 3 heteroatoms. The molecule has 1 aromatic rings. The summed E-state index contributed by atoms with van der Waals surface area (Å²) in [7, 11) is 0. The molecule has 1 atom stereocenters. The van der Waals surface area contributed by atoms with Crippen molar-refractivity contribution in [3.8, 4) is 0 Å². The Hall–Kier alpha value is -1.12. The van der Waals surface area contributed by atoms with Gasteiger partial charge < -0.3 is 4.98 Å². The minimum Gasteiger partial charge on any atom is -0.310 e. The van der Waals surface area contributed by atoms with E-state index < -0.39 is 0 Å². The van der Waals surface area contributed by atoms with Crippen molar-refractivity contribution in [3.63, 3.8) is 0 Å². The Labute approximate surface area is 96.3 Å². The Balaban J connectivity index is 2.43. The lowest BCUT2D eigenvalue weighted by molar-refractivity contribution is 0.660. The lowest BCUT2D eigenvalue weighted by Crippen LogP contribution is -2.20. The number of hydrogen-bond donors (Lipinski definition) is 1. The lowest BCUT2D eigenvalue weighted by Gasteiger charge is -2.11. The summed E-state index contributed by atoms with van der Waals surface area (Å²) in [5.41, 5.74) is 2.09. The maximum Gasteiger partial charge on any atom is 0.254 e.